The van der Waals surface area contributed by atoms with Crippen molar-refractivity contribution < 1.29 is 4.79 Å². The molecule has 1 amide bonds. The number of hydrogen-bond acceptors (Lipinski definition) is 3. The lowest BCUT2D eigenvalue weighted by Gasteiger charge is -2.22. The molecule has 3 aromatic carbocycles. The predicted molar refractivity (Wildman–Crippen MR) is 119 cm³/mol. The zero-order valence-corrected chi connectivity index (χ0v) is 16.8. The van der Waals surface area contributed by atoms with E-state index in [4.69, 9.17) is 23.2 Å². The summed E-state index contributed by atoms with van der Waals surface area (Å²) >= 11 is 11.7. The van der Waals surface area contributed by atoms with E-state index in [2.05, 4.69) is 15.4 Å². The van der Waals surface area contributed by atoms with Crippen molar-refractivity contribution in [2.75, 3.05) is 29.7 Å². The number of carbonyl (C=O) groups is 1. The van der Waals surface area contributed by atoms with Crippen molar-refractivity contribution >= 4 is 51.8 Å². The molecule has 0 bridgehead atoms. The first-order valence-electron chi connectivity index (χ1n) is 9.01. The second kappa shape index (κ2) is 10.1. The maximum Gasteiger partial charge on any atom is 0.271 e. The van der Waals surface area contributed by atoms with E-state index in [0.717, 1.165) is 35.1 Å². The zero-order chi connectivity index (χ0) is 19.8. The fourth-order valence-electron chi connectivity index (χ4n) is 2.99. The summed E-state index contributed by atoms with van der Waals surface area (Å²) in [5.74, 6) is 0.848. The third-order valence-corrected chi connectivity index (χ3v) is 4.72. The molecule has 144 valence electrons. The van der Waals surface area contributed by atoms with Crippen molar-refractivity contribution in [1.82, 2.24) is 5.43 Å². The van der Waals surface area contributed by atoms with Gasteiger partial charge in [-0.05, 0) is 34.5 Å². The standard InChI is InChI=1S/C22H21Cl2N3O/c23-12-14-27(15-13-24)19-10-8-17(9-11-19)16-25-26-22(28)21-7-3-5-18-4-1-2-6-20(18)21/h1-11,16H,12-15H2,(H,26,28). The third kappa shape index (κ3) is 5.03. The molecule has 0 fully saturated rings. The van der Waals surface area contributed by atoms with Crippen LogP contribution in [0.2, 0.25) is 0 Å². The van der Waals surface area contributed by atoms with Crippen molar-refractivity contribution in [3.8, 4) is 0 Å². The Labute approximate surface area is 174 Å². The highest BCUT2D eigenvalue weighted by Crippen LogP contribution is 2.18. The fourth-order valence-corrected chi connectivity index (χ4v) is 3.40. The van der Waals surface area contributed by atoms with Gasteiger partial charge in [-0.3, -0.25) is 4.79 Å². The van der Waals surface area contributed by atoms with Gasteiger partial charge >= 0.3 is 0 Å². The Morgan fingerprint density at radius 2 is 1.61 bits per heavy atom. The van der Waals surface area contributed by atoms with E-state index in [1.54, 1.807) is 12.3 Å². The van der Waals surface area contributed by atoms with E-state index in [1.165, 1.54) is 0 Å². The summed E-state index contributed by atoms with van der Waals surface area (Å²) in [6.07, 6.45) is 1.63. The number of hydrogen-bond donors (Lipinski definition) is 1. The Morgan fingerprint density at radius 1 is 0.929 bits per heavy atom. The number of halogens is 2. The highest BCUT2D eigenvalue weighted by Gasteiger charge is 2.08. The molecule has 0 aromatic heterocycles. The van der Waals surface area contributed by atoms with Gasteiger partial charge in [0.1, 0.15) is 0 Å². The van der Waals surface area contributed by atoms with E-state index in [9.17, 15) is 4.79 Å². The summed E-state index contributed by atoms with van der Waals surface area (Å²) in [4.78, 5) is 14.6. The second-order valence-corrected chi connectivity index (χ2v) is 6.94. The van der Waals surface area contributed by atoms with Crippen LogP contribution in [0.25, 0.3) is 10.8 Å². The fraction of sp³-hybridized carbons (Fsp3) is 0.182. The quantitative estimate of drug-likeness (QED) is 0.324. The first-order chi connectivity index (χ1) is 13.7. The molecule has 28 heavy (non-hydrogen) atoms. The van der Waals surface area contributed by atoms with Gasteiger partial charge in [-0.1, -0.05) is 48.5 Å². The van der Waals surface area contributed by atoms with Crippen LogP contribution < -0.4 is 10.3 Å². The Kier molecular flexibility index (Phi) is 7.29. The highest BCUT2D eigenvalue weighted by molar-refractivity contribution is 6.18. The minimum Gasteiger partial charge on any atom is -0.369 e. The molecular weight excluding hydrogens is 393 g/mol. The van der Waals surface area contributed by atoms with Crippen LogP contribution in [0.1, 0.15) is 15.9 Å². The molecule has 3 rings (SSSR count). The highest BCUT2D eigenvalue weighted by atomic mass is 35.5. The Morgan fingerprint density at radius 3 is 2.32 bits per heavy atom. The molecular formula is C22H21Cl2N3O. The van der Waals surface area contributed by atoms with Gasteiger partial charge in [0.05, 0.1) is 6.21 Å². The van der Waals surface area contributed by atoms with Crippen molar-refractivity contribution in [3.05, 3.63) is 77.9 Å². The summed E-state index contributed by atoms with van der Waals surface area (Å²) in [7, 11) is 0. The molecule has 0 spiro atoms. The van der Waals surface area contributed by atoms with Gasteiger partial charge in [-0.2, -0.15) is 5.10 Å². The first-order valence-corrected chi connectivity index (χ1v) is 10.1. The summed E-state index contributed by atoms with van der Waals surface area (Å²) in [5.41, 5.74) is 5.14. The third-order valence-electron chi connectivity index (χ3n) is 4.38. The van der Waals surface area contributed by atoms with Crippen LogP contribution in [0.15, 0.2) is 71.8 Å². The molecule has 0 aliphatic carbocycles. The number of amides is 1. The van der Waals surface area contributed by atoms with E-state index < -0.39 is 0 Å². The maximum atomic E-state index is 12.5. The van der Waals surface area contributed by atoms with E-state index in [-0.39, 0.29) is 5.91 Å². The SMILES string of the molecule is O=C(NN=Cc1ccc(N(CCCl)CCCl)cc1)c1cccc2ccccc12. The van der Waals surface area contributed by atoms with Crippen LogP contribution in [0, 0.1) is 0 Å². The number of nitrogens with one attached hydrogen (secondary N) is 1. The van der Waals surface area contributed by atoms with E-state index in [0.29, 0.717) is 17.3 Å². The average molecular weight is 414 g/mol. The van der Waals surface area contributed by atoms with Gasteiger partial charge in [-0.25, -0.2) is 5.43 Å². The van der Waals surface area contributed by atoms with Crippen LogP contribution in [0.4, 0.5) is 5.69 Å². The summed E-state index contributed by atoms with van der Waals surface area (Å²) in [5, 5.41) is 6.02. The molecule has 0 saturated heterocycles. The maximum absolute atomic E-state index is 12.5. The Balaban J connectivity index is 1.66. The van der Waals surface area contributed by atoms with Gasteiger partial charge in [0.25, 0.3) is 5.91 Å². The van der Waals surface area contributed by atoms with E-state index >= 15 is 0 Å². The molecule has 6 heteroatoms. The number of rotatable bonds is 8. The van der Waals surface area contributed by atoms with Crippen molar-refractivity contribution in [2.24, 2.45) is 5.10 Å². The normalized spacial score (nSPS) is 11.1. The molecule has 0 unspecified atom stereocenters. The van der Waals surface area contributed by atoms with Crippen molar-refractivity contribution in [1.29, 1.82) is 0 Å². The van der Waals surface area contributed by atoms with Gasteiger partial charge in [0.2, 0.25) is 0 Å². The van der Waals surface area contributed by atoms with E-state index in [1.807, 2.05) is 60.7 Å². The minimum atomic E-state index is -0.236. The van der Waals surface area contributed by atoms with Gasteiger partial charge in [-0.15, -0.1) is 23.2 Å². The molecule has 0 aliphatic rings. The average Bonchev–Trinajstić information content (AvgIpc) is 2.73. The number of hydrazone groups is 1. The molecule has 1 N–H and O–H groups in total. The molecule has 0 saturated carbocycles. The Bertz CT molecular complexity index is 946. The van der Waals surface area contributed by atoms with Crippen molar-refractivity contribution in [2.45, 2.75) is 0 Å². The minimum absolute atomic E-state index is 0.236. The molecule has 0 atom stereocenters. The van der Waals surface area contributed by atoms with Gasteiger partial charge in [0, 0.05) is 36.1 Å². The summed E-state index contributed by atoms with van der Waals surface area (Å²) < 4.78 is 0. The lowest BCUT2D eigenvalue weighted by Crippen LogP contribution is -2.27. The first kappa shape index (κ1) is 20.2. The summed E-state index contributed by atoms with van der Waals surface area (Å²) in [6, 6.07) is 21.3. The Hall–Kier alpha value is -2.56. The number of carbonyl (C=O) groups excluding carboxylic acids is 1. The number of nitrogens with zero attached hydrogens (tertiary/aromatic N) is 2. The van der Waals surface area contributed by atoms with Gasteiger partial charge in [0.15, 0.2) is 0 Å². The lowest BCUT2D eigenvalue weighted by molar-refractivity contribution is 0.0957. The van der Waals surface area contributed by atoms with Crippen LogP contribution >= 0.6 is 23.2 Å². The molecule has 0 radical (unpaired) electrons. The lowest BCUT2D eigenvalue weighted by atomic mass is 10.0. The van der Waals surface area contributed by atoms with Crippen LogP contribution in [-0.4, -0.2) is 37.0 Å². The number of benzene rings is 3. The summed E-state index contributed by atoms with van der Waals surface area (Å²) in [6.45, 7) is 1.48. The molecule has 0 heterocycles. The zero-order valence-electron chi connectivity index (χ0n) is 15.3. The largest absolute Gasteiger partial charge is 0.369 e. The number of anilines is 1. The second-order valence-electron chi connectivity index (χ2n) is 6.18. The number of alkyl halides is 2. The topological polar surface area (TPSA) is 44.7 Å². The van der Waals surface area contributed by atoms with Crippen molar-refractivity contribution in [3.63, 3.8) is 0 Å². The molecule has 0 aliphatic heterocycles. The van der Waals surface area contributed by atoms with Gasteiger partial charge < -0.3 is 4.90 Å². The van der Waals surface area contributed by atoms with Crippen LogP contribution in [0.3, 0.4) is 0 Å². The monoisotopic (exact) mass is 413 g/mol. The number of fused-ring (bicyclic) bond motifs is 1. The van der Waals surface area contributed by atoms with Crippen LogP contribution in [-0.2, 0) is 0 Å². The molecule has 4 nitrogen and oxygen atoms in total. The molecule has 3 aromatic rings. The smallest absolute Gasteiger partial charge is 0.271 e. The predicted octanol–water partition coefficient (Wildman–Crippen LogP) is 4.89. The van der Waals surface area contributed by atoms with Crippen LogP contribution in [0.5, 0.6) is 0 Å².